The number of carbonyl (C=O) groups is 1. The van der Waals surface area contributed by atoms with E-state index in [0.29, 0.717) is 0 Å². The molecule has 1 unspecified atom stereocenters. The van der Waals surface area contributed by atoms with Crippen LogP contribution in [0.3, 0.4) is 0 Å². The summed E-state index contributed by atoms with van der Waals surface area (Å²) in [5.41, 5.74) is -0.183. The first-order valence-electron chi connectivity index (χ1n) is 5.67. The highest BCUT2D eigenvalue weighted by molar-refractivity contribution is 5.73. The van der Waals surface area contributed by atoms with Crippen LogP contribution in [-0.2, 0) is 10.2 Å². The first-order chi connectivity index (χ1) is 7.71. The first-order valence-corrected chi connectivity index (χ1v) is 5.67. The van der Waals surface area contributed by atoms with E-state index in [1.54, 1.807) is 13.8 Å². The highest BCUT2D eigenvalue weighted by Crippen LogP contribution is 2.43. The van der Waals surface area contributed by atoms with Gasteiger partial charge in [0.1, 0.15) is 0 Å². The number of aliphatic hydroxyl groups excluding tert-OH is 1. The minimum atomic E-state index is -1.39. The van der Waals surface area contributed by atoms with E-state index in [2.05, 4.69) is 0 Å². The molecule has 0 aliphatic rings. The molecule has 0 radical (unpaired) electrons. The summed E-state index contributed by atoms with van der Waals surface area (Å²) in [6.07, 6.45) is -1.39. The predicted octanol–water partition coefficient (Wildman–Crippen LogP) is 2.44. The second-order valence-electron chi connectivity index (χ2n) is 5.45. The zero-order chi connectivity index (χ0) is 13.3. The lowest BCUT2D eigenvalue weighted by molar-refractivity contribution is -0.156. The number of rotatable bonds is 4. The van der Waals surface area contributed by atoms with Crippen molar-refractivity contribution in [2.24, 2.45) is 5.41 Å². The Labute approximate surface area is 102 Å². The number of carboxylic acids is 1. The van der Waals surface area contributed by atoms with E-state index in [9.17, 15) is 9.90 Å². The maximum Gasteiger partial charge on any atom is 0.333 e. The van der Waals surface area contributed by atoms with Crippen molar-refractivity contribution in [1.82, 2.24) is 0 Å². The summed E-state index contributed by atoms with van der Waals surface area (Å²) in [7, 11) is 0. The van der Waals surface area contributed by atoms with Crippen molar-refractivity contribution in [3.63, 3.8) is 0 Å². The largest absolute Gasteiger partial charge is 0.479 e. The molecule has 0 heterocycles. The summed E-state index contributed by atoms with van der Waals surface area (Å²) >= 11 is 0. The molecule has 3 nitrogen and oxygen atoms in total. The lowest BCUT2D eigenvalue weighted by Crippen LogP contribution is -2.48. The van der Waals surface area contributed by atoms with Crippen LogP contribution in [0.5, 0.6) is 0 Å². The lowest BCUT2D eigenvalue weighted by Gasteiger charge is -2.43. The van der Waals surface area contributed by atoms with Gasteiger partial charge in [-0.1, -0.05) is 58.0 Å². The molecule has 1 aromatic rings. The van der Waals surface area contributed by atoms with Crippen LogP contribution in [0.2, 0.25) is 0 Å². The SMILES string of the molecule is CC(C)(c1ccccc1)C(C)(C)C(O)C(=O)O. The van der Waals surface area contributed by atoms with Crippen molar-refractivity contribution < 1.29 is 15.0 Å². The van der Waals surface area contributed by atoms with Gasteiger partial charge in [0.25, 0.3) is 0 Å². The van der Waals surface area contributed by atoms with Crippen molar-refractivity contribution in [2.75, 3.05) is 0 Å². The molecule has 0 saturated carbocycles. The highest BCUT2D eigenvalue weighted by atomic mass is 16.4. The van der Waals surface area contributed by atoms with Crippen molar-refractivity contribution in [2.45, 2.75) is 39.2 Å². The fourth-order valence-electron chi connectivity index (χ4n) is 1.88. The Balaban J connectivity index is 3.17. The number of hydrogen-bond acceptors (Lipinski definition) is 2. The molecule has 3 heteroatoms. The van der Waals surface area contributed by atoms with Gasteiger partial charge in [-0.05, 0) is 11.0 Å². The third-order valence-corrected chi connectivity index (χ3v) is 4.02. The van der Waals surface area contributed by atoms with E-state index in [1.165, 1.54) is 0 Å². The summed E-state index contributed by atoms with van der Waals surface area (Å²) in [6, 6.07) is 9.66. The van der Waals surface area contributed by atoms with Gasteiger partial charge in [0.15, 0.2) is 6.10 Å². The smallest absolute Gasteiger partial charge is 0.333 e. The van der Waals surface area contributed by atoms with Gasteiger partial charge in [0.2, 0.25) is 0 Å². The molecule has 1 aromatic carbocycles. The highest BCUT2D eigenvalue weighted by Gasteiger charge is 2.46. The molecule has 1 rings (SSSR count). The van der Waals surface area contributed by atoms with Gasteiger partial charge in [-0.2, -0.15) is 0 Å². The number of hydrogen-bond donors (Lipinski definition) is 2. The maximum absolute atomic E-state index is 11.0. The molecule has 0 aliphatic carbocycles. The lowest BCUT2D eigenvalue weighted by atomic mass is 9.61. The minimum absolute atomic E-state index is 0.438. The van der Waals surface area contributed by atoms with E-state index < -0.39 is 22.9 Å². The van der Waals surface area contributed by atoms with Crippen LogP contribution in [0.25, 0.3) is 0 Å². The Bertz CT molecular complexity index is 393. The number of benzene rings is 1. The standard InChI is InChI=1S/C14H20O3/c1-13(2,10-8-6-5-7-9-10)14(3,4)11(15)12(16)17/h5-9,11,15H,1-4H3,(H,16,17). The second-order valence-corrected chi connectivity index (χ2v) is 5.45. The molecule has 1 atom stereocenters. The maximum atomic E-state index is 11.0. The Kier molecular flexibility index (Phi) is 3.62. The van der Waals surface area contributed by atoms with E-state index in [4.69, 9.17) is 5.11 Å². The molecule has 0 aliphatic heterocycles. The van der Waals surface area contributed by atoms with Gasteiger partial charge >= 0.3 is 5.97 Å². The van der Waals surface area contributed by atoms with E-state index in [0.717, 1.165) is 5.56 Å². The van der Waals surface area contributed by atoms with Crippen LogP contribution < -0.4 is 0 Å². The normalized spacial score (nSPS) is 14.4. The van der Waals surface area contributed by atoms with Crippen LogP contribution in [0.15, 0.2) is 30.3 Å². The number of carboxylic acid groups (broad SMARTS) is 1. The van der Waals surface area contributed by atoms with Crippen molar-refractivity contribution in [1.29, 1.82) is 0 Å². The van der Waals surface area contributed by atoms with Gasteiger partial charge in [-0.25, -0.2) is 4.79 Å². The quantitative estimate of drug-likeness (QED) is 0.844. The molecule has 94 valence electrons. The summed E-state index contributed by atoms with van der Waals surface area (Å²) in [6.45, 7) is 7.46. The Hall–Kier alpha value is -1.35. The van der Waals surface area contributed by atoms with Crippen LogP contribution in [-0.4, -0.2) is 22.3 Å². The molecule has 2 N–H and O–H groups in total. The van der Waals surface area contributed by atoms with Crippen LogP contribution in [0, 0.1) is 5.41 Å². The fourth-order valence-corrected chi connectivity index (χ4v) is 1.88. The Morgan fingerprint density at radius 2 is 1.59 bits per heavy atom. The third-order valence-electron chi connectivity index (χ3n) is 4.02. The number of aliphatic hydroxyl groups is 1. The van der Waals surface area contributed by atoms with Gasteiger partial charge in [0, 0.05) is 5.41 Å². The van der Waals surface area contributed by atoms with Crippen molar-refractivity contribution in [3.05, 3.63) is 35.9 Å². The van der Waals surface area contributed by atoms with Gasteiger partial charge in [0.05, 0.1) is 0 Å². The predicted molar refractivity (Wildman–Crippen MR) is 66.9 cm³/mol. The molecule has 17 heavy (non-hydrogen) atoms. The molecule has 0 bridgehead atoms. The van der Waals surface area contributed by atoms with E-state index in [-0.39, 0.29) is 0 Å². The summed E-state index contributed by atoms with van der Waals surface area (Å²) in [4.78, 5) is 11.0. The van der Waals surface area contributed by atoms with E-state index >= 15 is 0 Å². The summed E-state index contributed by atoms with van der Waals surface area (Å²) in [5, 5.41) is 18.8. The van der Waals surface area contributed by atoms with Gasteiger partial charge < -0.3 is 10.2 Å². The Morgan fingerprint density at radius 1 is 1.12 bits per heavy atom. The van der Waals surface area contributed by atoms with Crippen LogP contribution in [0.4, 0.5) is 0 Å². The van der Waals surface area contributed by atoms with Gasteiger partial charge in [-0.3, -0.25) is 0 Å². The van der Waals surface area contributed by atoms with Gasteiger partial charge in [-0.15, -0.1) is 0 Å². The average molecular weight is 236 g/mol. The van der Waals surface area contributed by atoms with Crippen LogP contribution in [0.1, 0.15) is 33.3 Å². The van der Waals surface area contributed by atoms with Crippen molar-refractivity contribution in [3.8, 4) is 0 Å². The second kappa shape index (κ2) is 4.49. The monoisotopic (exact) mass is 236 g/mol. The zero-order valence-electron chi connectivity index (χ0n) is 10.8. The molecule has 0 fully saturated rings. The topological polar surface area (TPSA) is 57.5 Å². The first kappa shape index (κ1) is 13.7. The fraction of sp³-hybridized carbons (Fsp3) is 0.500. The molecular weight excluding hydrogens is 216 g/mol. The minimum Gasteiger partial charge on any atom is -0.479 e. The van der Waals surface area contributed by atoms with E-state index in [1.807, 2.05) is 44.2 Å². The number of aliphatic carboxylic acids is 1. The molecular formula is C14H20O3. The average Bonchev–Trinajstić information content (AvgIpc) is 2.28. The Morgan fingerprint density at radius 3 is 2.00 bits per heavy atom. The zero-order valence-corrected chi connectivity index (χ0v) is 10.8. The molecule has 0 saturated heterocycles. The summed E-state index contributed by atoms with van der Waals surface area (Å²) < 4.78 is 0. The molecule has 0 spiro atoms. The molecule has 0 amide bonds. The molecule has 0 aromatic heterocycles. The van der Waals surface area contributed by atoms with Crippen molar-refractivity contribution >= 4 is 5.97 Å². The summed E-state index contributed by atoms with van der Waals surface area (Å²) in [5.74, 6) is -1.18. The third kappa shape index (κ3) is 2.34. The van der Waals surface area contributed by atoms with Crippen LogP contribution >= 0.6 is 0 Å².